The largest absolute Gasteiger partial charge is 0.354 e. The number of benzene rings is 3. The SMILES string of the molecule is CCCCNC(=O)[C@H](C)N(CCc1ccccc1)C(=O)CN(c1ccc(I)cc1)S(=O)(=O)c1ccccc1. The number of nitrogens with zero attached hydrogens (tertiary/aromatic N) is 2. The number of nitrogens with one attached hydrogen (secondary N) is 1. The van der Waals surface area contributed by atoms with Crippen molar-refractivity contribution in [1.82, 2.24) is 10.2 Å². The number of unbranched alkanes of at least 4 members (excludes halogenated alkanes) is 1. The first-order valence-electron chi connectivity index (χ1n) is 12.7. The molecule has 0 saturated heterocycles. The minimum absolute atomic E-state index is 0.0903. The van der Waals surface area contributed by atoms with Gasteiger partial charge in [-0.25, -0.2) is 8.42 Å². The van der Waals surface area contributed by atoms with Crippen LogP contribution in [0.3, 0.4) is 0 Å². The molecule has 3 aromatic rings. The molecule has 2 amide bonds. The second-order valence-corrected chi connectivity index (χ2v) is 12.1. The lowest BCUT2D eigenvalue weighted by Crippen LogP contribution is -2.52. The Kier molecular flexibility index (Phi) is 11.1. The number of hydrogen-bond donors (Lipinski definition) is 1. The average molecular weight is 648 g/mol. The Morgan fingerprint density at radius 2 is 1.53 bits per heavy atom. The van der Waals surface area contributed by atoms with Crippen LogP contribution in [0.1, 0.15) is 32.3 Å². The van der Waals surface area contributed by atoms with E-state index in [1.165, 1.54) is 17.0 Å². The summed E-state index contributed by atoms with van der Waals surface area (Å²) in [5.41, 5.74) is 1.40. The molecule has 0 spiro atoms. The summed E-state index contributed by atoms with van der Waals surface area (Å²) in [6, 6.07) is 24.0. The number of carbonyl (C=O) groups excluding carboxylic acids is 2. The maximum Gasteiger partial charge on any atom is 0.264 e. The zero-order valence-corrected chi connectivity index (χ0v) is 24.7. The minimum Gasteiger partial charge on any atom is -0.354 e. The third-order valence-electron chi connectivity index (χ3n) is 6.21. The number of halogens is 1. The normalized spacial score (nSPS) is 12.0. The van der Waals surface area contributed by atoms with Crippen molar-refractivity contribution < 1.29 is 18.0 Å². The van der Waals surface area contributed by atoms with E-state index in [0.29, 0.717) is 18.7 Å². The van der Waals surface area contributed by atoms with Crippen LogP contribution in [0, 0.1) is 3.57 Å². The van der Waals surface area contributed by atoms with Gasteiger partial charge in [0.2, 0.25) is 11.8 Å². The summed E-state index contributed by atoms with van der Waals surface area (Å²) in [6.45, 7) is 4.09. The van der Waals surface area contributed by atoms with Gasteiger partial charge in [-0.15, -0.1) is 0 Å². The number of carbonyl (C=O) groups is 2. The lowest BCUT2D eigenvalue weighted by molar-refractivity contribution is -0.138. The second kappa shape index (κ2) is 14.3. The first-order valence-corrected chi connectivity index (χ1v) is 15.2. The van der Waals surface area contributed by atoms with E-state index in [1.54, 1.807) is 49.4 Å². The molecule has 0 radical (unpaired) electrons. The highest BCUT2D eigenvalue weighted by molar-refractivity contribution is 14.1. The molecule has 0 bridgehead atoms. The average Bonchev–Trinajstić information content (AvgIpc) is 2.93. The van der Waals surface area contributed by atoms with Crippen molar-refractivity contribution in [3.05, 3.63) is 94.1 Å². The van der Waals surface area contributed by atoms with Gasteiger partial charge in [-0.05, 0) is 84.3 Å². The van der Waals surface area contributed by atoms with Gasteiger partial charge in [-0.2, -0.15) is 0 Å². The van der Waals surface area contributed by atoms with Gasteiger partial charge in [0.15, 0.2) is 0 Å². The fraction of sp³-hybridized carbons (Fsp3) is 0.310. The molecule has 38 heavy (non-hydrogen) atoms. The summed E-state index contributed by atoms with van der Waals surface area (Å²) in [4.78, 5) is 28.3. The number of sulfonamides is 1. The minimum atomic E-state index is -4.04. The molecule has 9 heteroatoms. The number of amides is 2. The lowest BCUT2D eigenvalue weighted by Gasteiger charge is -2.32. The first kappa shape index (κ1) is 29.6. The van der Waals surface area contributed by atoms with E-state index in [1.807, 2.05) is 37.3 Å². The molecule has 0 aliphatic rings. The van der Waals surface area contributed by atoms with Crippen LogP contribution in [0.15, 0.2) is 89.8 Å². The predicted molar refractivity (Wildman–Crippen MR) is 159 cm³/mol. The maximum atomic E-state index is 13.8. The Morgan fingerprint density at radius 3 is 2.13 bits per heavy atom. The van der Waals surface area contributed by atoms with Crippen molar-refractivity contribution in [2.75, 3.05) is 23.9 Å². The van der Waals surface area contributed by atoms with Gasteiger partial charge < -0.3 is 10.2 Å². The Morgan fingerprint density at radius 1 is 0.921 bits per heavy atom. The fourth-order valence-corrected chi connectivity index (χ4v) is 5.76. The van der Waals surface area contributed by atoms with Gasteiger partial charge in [-0.3, -0.25) is 13.9 Å². The molecule has 7 nitrogen and oxygen atoms in total. The molecule has 3 aromatic carbocycles. The molecule has 0 fully saturated rings. The van der Waals surface area contributed by atoms with Crippen LogP contribution >= 0.6 is 22.6 Å². The molecule has 0 heterocycles. The van der Waals surface area contributed by atoms with Crippen LogP contribution in [-0.4, -0.2) is 50.8 Å². The van der Waals surface area contributed by atoms with E-state index in [2.05, 4.69) is 27.9 Å². The van der Waals surface area contributed by atoms with Crippen LogP contribution in [-0.2, 0) is 26.0 Å². The van der Waals surface area contributed by atoms with Crippen molar-refractivity contribution in [3.63, 3.8) is 0 Å². The predicted octanol–water partition coefficient (Wildman–Crippen LogP) is 4.86. The molecule has 202 valence electrons. The highest BCUT2D eigenvalue weighted by atomic mass is 127. The van der Waals surface area contributed by atoms with E-state index < -0.39 is 28.5 Å². The van der Waals surface area contributed by atoms with Crippen molar-refractivity contribution >= 4 is 50.1 Å². The van der Waals surface area contributed by atoms with Crippen molar-refractivity contribution in [2.24, 2.45) is 0 Å². The molecule has 0 saturated carbocycles. The summed E-state index contributed by atoms with van der Waals surface area (Å²) in [6.07, 6.45) is 2.31. The molecule has 1 atom stereocenters. The first-order chi connectivity index (χ1) is 18.2. The van der Waals surface area contributed by atoms with Crippen molar-refractivity contribution in [2.45, 2.75) is 44.0 Å². The summed E-state index contributed by atoms with van der Waals surface area (Å²) in [5, 5.41) is 2.90. The van der Waals surface area contributed by atoms with Crippen LogP contribution in [0.2, 0.25) is 0 Å². The summed E-state index contributed by atoms with van der Waals surface area (Å²) < 4.78 is 29.5. The highest BCUT2D eigenvalue weighted by Crippen LogP contribution is 2.25. The highest BCUT2D eigenvalue weighted by Gasteiger charge is 2.32. The molecule has 0 aromatic heterocycles. The molecular weight excluding hydrogens is 613 g/mol. The van der Waals surface area contributed by atoms with Crippen LogP contribution < -0.4 is 9.62 Å². The molecule has 0 aliphatic carbocycles. The summed E-state index contributed by atoms with van der Waals surface area (Å²) >= 11 is 2.15. The number of rotatable bonds is 13. The topological polar surface area (TPSA) is 86.8 Å². The van der Waals surface area contributed by atoms with Gasteiger partial charge >= 0.3 is 0 Å². The third-order valence-corrected chi connectivity index (χ3v) is 8.71. The van der Waals surface area contributed by atoms with Crippen LogP contribution in [0.5, 0.6) is 0 Å². The fourth-order valence-electron chi connectivity index (χ4n) is 3.96. The Labute approximate surface area is 239 Å². The van der Waals surface area contributed by atoms with Crippen LogP contribution in [0.4, 0.5) is 5.69 Å². The Balaban J connectivity index is 1.92. The van der Waals surface area contributed by atoms with Gasteiger partial charge in [0, 0.05) is 16.7 Å². The second-order valence-electron chi connectivity index (χ2n) is 8.94. The maximum absolute atomic E-state index is 13.8. The van der Waals surface area contributed by atoms with E-state index in [0.717, 1.165) is 26.3 Å². The quantitative estimate of drug-likeness (QED) is 0.212. The van der Waals surface area contributed by atoms with Gasteiger partial charge in [0.1, 0.15) is 12.6 Å². The van der Waals surface area contributed by atoms with Gasteiger partial charge in [-0.1, -0.05) is 61.9 Å². The third kappa shape index (κ3) is 8.04. The van der Waals surface area contributed by atoms with E-state index in [-0.39, 0.29) is 17.3 Å². The molecule has 0 unspecified atom stereocenters. The van der Waals surface area contributed by atoms with Crippen LogP contribution in [0.25, 0.3) is 0 Å². The van der Waals surface area contributed by atoms with E-state index in [9.17, 15) is 18.0 Å². The smallest absolute Gasteiger partial charge is 0.264 e. The Hall–Kier alpha value is -2.92. The molecule has 1 N–H and O–H groups in total. The summed E-state index contributed by atoms with van der Waals surface area (Å²) in [5.74, 6) is -0.705. The Bertz CT molecular complexity index is 1290. The van der Waals surface area contributed by atoms with Gasteiger partial charge in [0.05, 0.1) is 10.6 Å². The molecule has 0 aliphatic heterocycles. The summed E-state index contributed by atoms with van der Waals surface area (Å²) in [7, 11) is -4.04. The van der Waals surface area contributed by atoms with Gasteiger partial charge in [0.25, 0.3) is 10.0 Å². The molecule has 3 rings (SSSR count). The number of hydrogen-bond acceptors (Lipinski definition) is 4. The number of anilines is 1. The zero-order chi connectivity index (χ0) is 27.5. The van der Waals surface area contributed by atoms with E-state index >= 15 is 0 Å². The van der Waals surface area contributed by atoms with E-state index in [4.69, 9.17) is 0 Å². The van der Waals surface area contributed by atoms with Crippen molar-refractivity contribution in [1.29, 1.82) is 0 Å². The zero-order valence-electron chi connectivity index (χ0n) is 21.7. The molecular formula is C29H34IN3O4S. The standard InChI is InChI=1S/C29H34IN3O4S/c1-3-4-20-31-29(35)23(2)32(21-19-24-11-7-5-8-12-24)28(34)22-33(26-17-15-25(30)16-18-26)38(36,37)27-13-9-6-10-14-27/h5-18,23H,3-4,19-22H2,1-2H3,(H,31,35)/t23-/m0/s1. The lowest BCUT2D eigenvalue weighted by atomic mass is 10.1. The monoisotopic (exact) mass is 647 g/mol. The van der Waals surface area contributed by atoms with Crippen molar-refractivity contribution in [3.8, 4) is 0 Å².